The van der Waals surface area contributed by atoms with Crippen LogP contribution in [0.2, 0.25) is 0 Å². The number of rotatable bonds is 5. The fraction of sp³-hybridized carbons (Fsp3) is 0.250. The summed E-state index contributed by atoms with van der Waals surface area (Å²) < 4.78 is 33.6. The third-order valence-electron chi connectivity index (χ3n) is 5.35. The van der Waals surface area contributed by atoms with Crippen molar-refractivity contribution in [2.24, 2.45) is 10.8 Å². The summed E-state index contributed by atoms with van der Waals surface area (Å²) in [6.45, 7) is -0.378. The van der Waals surface area contributed by atoms with E-state index in [2.05, 4.69) is 10.0 Å². The van der Waals surface area contributed by atoms with Gasteiger partial charge in [-0.2, -0.15) is 8.42 Å². The molecule has 0 bridgehead atoms. The number of nitrogens with two attached hydrogens (primary N) is 1. The lowest BCUT2D eigenvalue weighted by Gasteiger charge is -2.22. The number of hydrogen-bond donors (Lipinski definition) is 1. The van der Waals surface area contributed by atoms with Crippen molar-refractivity contribution in [2.75, 3.05) is 6.26 Å². The first-order valence-electron chi connectivity index (χ1n) is 9.34. The Kier molecular flexibility index (Phi) is 5.21. The summed E-state index contributed by atoms with van der Waals surface area (Å²) >= 11 is 0. The lowest BCUT2D eigenvalue weighted by Crippen LogP contribution is -2.24. The van der Waals surface area contributed by atoms with Crippen molar-refractivity contribution in [3.63, 3.8) is 0 Å². The van der Waals surface area contributed by atoms with Gasteiger partial charge in [-0.25, -0.2) is 4.79 Å². The van der Waals surface area contributed by atoms with Crippen LogP contribution in [0.15, 0.2) is 35.4 Å². The van der Waals surface area contributed by atoms with E-state index in [4.69, 9.17) is 20.2 Å². The van der Waals surface area contributed by atoms with Crippen molar-refractivity contribution in [2.45, 2.75) is 25.2 Å². The molecule has 1 amide bonds. The van der Waals surface area contributed by atoms with E-state index in [0.717, 1.165) is 6.26 Å². The molecule has 2 unspecified atom stereocenters. The maximum atomic E-state index is 13.3. The SMILES string of the molecule is CS(=O)(=O)OC1Cc2c3c(cc(COC(N)=O)c2C1N=[N+]=[N-])C(=O)c1ccccc1C3=O. The van der Waals surface area contributed by atoms with Crippen molar-refractivity contribution in [1.29, 1.82) is 0 Å². The van der Waals surface area contributed by atoms with Crippen LogP contribution >= 0.6 is 0 Å². The first-order chi connectivity index (χ1) is 15.1. The number of amides is 1. The van der Waals surface area contributed by atoms with E-state index in [0.29, 0.717) is 5.56 Å². The molecule has 11 nitrogen and oxygen atoms in total. The average molecular weight is 456 g/mol. The maximum Gasteiger partial charge on any atom is 0.404 e. The highest BCUT2D eigenvalue weighted by atomic mass is 32.2. The van der Waals surface area contributed by atoms with Crippen LogP contribution in [0.4, 0.5) is 4.79 Å². The molecular formula is C20H16N4O7S. The maximum absolute atomic E-state index is 13.3. The first-order valence-corrected chi connectivity index (χ1v) is 11.2. The van der Waals surface area contributed by atoms with Gasteiger partial charge in [-0.05, 0) is 28.3 Å². The summed E-state index contributed by atoms with van der Waals surface area (Å²) in [6.07, 6.45) is -1.48. The highest BCUT2D eigenvalue weighted by molar-refractivity contribution is 7.86. The van der Waals surface area contributed by atoms with E-state index >= 15 is 0 Å². The molecule has 2 N–H and O–H groups in total. The predicted molar refractivity (Wildman–Crippen MR) is 109 cm³/mol. The van der Waals surface area contributed by atoms with Crippen molar-refractivity contribution < 1.29 is 31.7 Å². The van der Waals surface area contributed by atoms with Gasteiger partial charge in [0.25, 0.3) is 10.1 Å². The van der Waals surface area contributed by atoms with Gasteiger partial charge in [0.15, 0.2) is 11.6 Å². The molecular weight excluding hydrogens is 440 g/mol. The van der Waals surface area contributed by atoms with Gasteiger partial charge in [0.2, 0.25) is 0 Å². The van der Waals surface area contributed by atoms with Crippen LogP contribution in [0, 0.1) is 0 Å². The van der Waals surface area contributed by atoms with Crippen molar-refractivity contribution in [3.05, 3.63) is 79.7 Å². The normalized spacial score (nSPS) is 18.9. The number of fused-ring (bicyclic) bond motifs is 4. The Labute approximate surface area is 181 Å². The zero-order valence-corrected chi connectivity index (χ0v) is 17.5. The number of carbonyl (C=O) groups excluding carboxylic acids is 3. The molecule has 0 aromatic heterocycles. The second-order valence-electron chi connectivity index (χ2n) is 7.35. The lowest BCUT2D eigenvalue weighted by molar-refractivity contribution is 0.0977. The van der Waals surface area contributed by atoms with Crippen LogP contribution < -0.4 is 5.73 Å². The van der Waals surface area contributed by atoms with Gasteiger partial charge in [-0.15, -0.1) is 0 Å². The summed E-state index contributed by atoms with van der Waals surface area (Å²) in [6, 6.07) is 6.57. The van der Waals surface area contributed by atoms with Gasteiger partial charge in [0, 0.05) is 33.6 Å². The topological polar surface area (TPSA) is 179 Å². The van der Waals surface area contributed by atoms with Crippen molar-refractivity contribution in [3.8, 4) is 0 Å². The van der Waals surface area contributed by atoms with Crippen LogP contribution in [0.3, 0.4) is 0 Å². The van der Waals surface area contributed by atoms with E-state index in [9.17, 15) is 22.8 Å². The van der Waals surface area contributed by atoms with E-state index in [1.807, 2.05) is 0 Å². The summed E-state index contributed by atoms with van der Waals surface area (Å²) in [5.74, 6) is -0.834. The zero-order valence-electron chi connectivity index (χ0n) is 16.6. The highest BCUT2D eigenvalue weighted by Gasteiger charge is 2.43. The molecule has 164 valence electrons. The molecule has 0 heterocycles. The lowest BCUT2D eigenvalue weighted by atomic mass is 9.79. The van der Waals surface area contributed by atoms with Crippen molar-refractivity contribution in [1.82, 2.24) is 0 Å². The fourth-order valence-corrected chi connectivity index (χ4v) is 4.88. The third kappa shape index (κ3) is 3.60. The molecule has 2 atom stereocenters. The molecule has 0 radical (unpaired) electrons. The number of ketones is 2. The Morgan fingerprint density at radius 2 is 1.88 bits per heavy atom. The highest BCUT2D eigenvalue weighted by Crippen LogP contribution is 2.44. The average Bonchev–Trinajstić information content (AvgIpc) is 3.06. The van der Waals surface area contributed by atoms with E-state index in [1.165, 1.54) is 18.2 Å². The molecule has 32 heavy (non-hydrogen) atoms. The molecule has 0 spiro atoms. The number of hydrogen-bond acceptors (Lipinski definition) is 8. The molecule has 2 aliphatic carbocycles. The van der Waals surface area contributed by atoms with Crippen LogP contribution in [0.5, 0.6) is 0 Å². The van der Waals surface area contributed by atoms with Gasteiger partial charge in [-0.3, -0.25) is 13.8 Å². The van der Waals surface area contributed by atoms with Gasteiger partial charge < -0.3 is 10.5 Å². The summed E-state index contributed by atoms with van der Waals surface area (Å²) in [5.41, 5.74) is 15.6. The third-order valence-corrected chi connectivity index (χ3v) is 5.94. The molecule has 0 saturated carbocycles. The first kappa shape index (κ1) is 21.5. The number of nitrogens with zero attached hydrogens (tertiary/aromatic N) is 3. The molecule has 0 fully saturated rings. The number of carbonyl (C=O) groups is 3. The molecule has 0 aliphatic heterocycles. The minimum Gasteiger partial charge on any atom is -0.445 e. The minimum atomic E-state index is -3.95. The van der Waals surface area contributed by atoms with E-state index in [1.54, 1.807) is 12.1 Å². The van der Waals surface area contributed by atoms with Crippen LogP contribution in [0.1, 0.15) is 54.6 Å². The molecule has 12 heteroatoms. The van der Waals surface area contributed by atoms with Gasteiger partial charge in [0.05, 0.1) is 18.4 Å². The molecule has 2 aromatic carbocycles. The zero-order chi connectivity index (χ0) is 23.2. The van der Waals surface area contributed by atoms with Crippen LogP contribution in [-0.4, -0.2) is 38.4 Å². The Balaban J connectivity index is 1.97. The van der Waals surface area contributed by atoms with E-state index < -0.39 is 39.9 Å². The predicted octanol–water partition coefficient (Wildman–Crippen LogP) is 2.31. The molecule has 4 rings (SSSR count). The fourth-order valence-electron chi connectivity index (χ4n) is 4.26. The summed E-state index contributed by atoms with van der Waals surface area (Å²) in [5, 5.41) is 3.68. The second kappa shape index (κ2) is 7.75. The quantitative estimate of drug-likeness (QED) is 0.265. The smallest absolute Gasteiger partial charge is 0.404 e. The Hall–Kier alpha value is -3.73. The van der Waals surface area contributed by atoms with Gasteiger partial charge >= 0.3 is 6.09 Å². The minimum absolute atomic E-state index is 0.0789. The second-order valence-corrected chi connectivity index (χ2v) is 8.96. The number of azide groups is 1. The number of benzene rings is 2. The van der Waals surface area contributed by atoms with Crippen molar-refractivity contribution >= 4 is 27.8 Å². The molecule has 0 saturated heterocycles. The number of ether oxygens (including phenoxy) is 1. The number of primary amides is 1. The Morgan fingerprint density at radius 3 is 2.47 bits per heavy atom. The van der Waals surface area contributed by atoms with Gasteiger partial charge in [-0.1, -0.05) is 29.4 Å². The molecule has 2 aliphatic rings. The molecule has 2 aromatic rings. The summed E-state index contributed by atoms with van der Waals surface area (Å²) in [4.78, 5) is 40.5. The van der Waals surface area contributed by atoms with E-state index in [-0.39, 0.29) is 46.4 Å². The largest absolute Gasteiger partial charge is 0.445 e. The Bertz CT molecular complexity index is 1350. The van der Waals surface area contributed by atoms with Gasteiger partial charge in [0.1, 0.15) is 6.61 Å². The monoisotopic (exact) mass is 456 g/mol. The van der Waals surface area contributed by atoms with Crippen LogP contribution in [0.25, 0.3) is 10.4 Å². The standard InChI is InChI=1S/C20H16N4O7S/c1-32(28,29)31-14-7-12-15(17(14)23-24-22)9(8-30-20(21)27)6-13-16(12)19(26)11-5-3-2-4-10(11)18(13)25/h2-6,14,17H,7-8H2,1H3,(H2,21,27). The van der Waals surface area contributed by atoms with Crippen LogP contribution in [-0.2, 0) is 32.1 Å². The Morgan fingerprint density at radius 1 is 1.22 bits per heavy atom. The summed E-state index contributed by atoms with van der Waals surface area (Å²) in [7, 11) is -3.95.